The molecule has 0 aliphatic heterocycles. The number of aliphatic hydroxyl groups excluding tert-OH is 1. The Kier molecular flexibility index (Phi) is 3.86. The second kappa shape index (κ2) is 5.41. The molecule has 0 aromatic heterocycles. The molecular weight excluding hydrogens is 241 g/mol. The van der Waals surface area contributed by atoms with Gasteiger partial charge in [-0.2, -0.15) is 0 Å². The summed E-state index contributed by atoms with van der Waals surface area (Å²) in [6.45, 7) is 3.37. The topological polar surface area (TPSA) is 23.5 Å². The molecule has 0 bridgehead atoms. The predicted molar refractivity (Wildman–Crippen MR) is 76.3 cm³/mol. The molecule has 1 atom stereocenters. The highest BCUT2D eigenvalue weighted by molar-refractivity contribution is 5.67. The molecule has 0 amide bonds. The molecule has 2 nitrogen and oxygen atoms in total. The lowest BCUT2D eigenvalue weighted by Gasteiger charge is -2.24. The first-order chi connectivity index (χ1) is 9.00. The van der Waals surface area contributed by atoms with Crippen molar-refractivity contribution in [3.63, 3.8) is 0 Å². The van der Waals surface area contributed by atoms with Crippen LogP contribution in [0.25, 0.3) is 0 Å². The van der Waals surface area contributed by atoms with Gasteiger partial charge >= 0.3 is 0 Å². The molecule has 0 saturated carbocycles. The van der Waals surface area contributed by atoms with E-state index in [1.54, 1.807) is 19.9 Å². The second-order valence-electron chi connectivity index (χ2n) is 4.73. The summed E-state index contributed by atoms with van der Waals surface area (Å²) in [4.78, 5) is 1.95. The molecular formula is C16H18FNO. The lowest BCUT2D eigenvalue weighted by molar-refractivity contribution is 0.199. The van der Waals surface area contributed by atoms with E-state index in [-0.39, 0.29) is 5.82 Å². The SMILES string of the molecule is Cc1cc(N(C)c2ccccc2)c(C(C)O)cc1F. The largest absolute Gasteiger partial charge is 0.389 e. The number of halogens is 1. The van der Waals surface area contributed by atoms with E-state index in [1.165, 1.54) is 6.07 Å². The van der Waals surface area contributed by atoms with Crippen LogP contribution in [0.5, 0.6) is 0 Å². The van der Waals surface area contributed by atoms with Crippen LogP contribution in [0.2, 0.25) is 0 Å². The third kappa shape index (κ3) is 2.76. The number of benzene rings is 2. The summed E-state index contributed by atoms with van der Waals surface area (Å²) in [5.74, 6) is -0.291. The fourth-order valence-corrected chi connectivity index (χ4v) is 2.10. The Morgan fingerprint density at radius 1 is 1.16 bits per heavy atom. The molecule has 0 saturated heterocycles. The Bertz CT molecular complexity index is 566. The maximum atomic E-state index is 13.7. The van der Waals surface area contributed by atoms with Gasteiger partial charge in [-0.3, -0.25) is 0 Å². The maximum absolute atomic E-state index is 13.7. The molecule has 2 rings (SSSR count). The van der Waals surface area contributed by atoms with E-state index in [2.05, 4.69) is 0 Å². The van der Waals surface area contributed by atoms with E-state index < -0.39 is 6.10 Å². The molecule has 0 radical (unpaired) electrons. The van der Waals surface area contributed by atoms with Gasteiger partial charge in [0.05, 0.1) is 6.10 Å². The number of anilines is 2. The van der Waals surface area contributed by atoms with Crippen LogP contribution in [-0.2, 0) is 0 Å². The minimum Gasteiger partial charge on any atom is -0.389 e. The zero-order valence-electron chi connectivity index (χ0n) is 11.4. The fourth-order valence-electron chi connectivity index (χ4n) is 2.10. The van der Waals surface area contributed by atoms with Crippen LogP contribution < -0.4 is 4.90 Å². The summed E-state index contributed by atoms with van der Waals surface area (Å²) in [7, 11) is 1.91. The molecule has 3 heteroatoms. The number of para-hydroxylation sites is 1. The van der Waals surface area contributed by atoms with Gasteiger partial charge in [0, 0.05) is 24.0 Å². The van der Waals surface area contributed by atoms with Crippen LogP contribution in [0.15, 0.2) is 42.5 Å². The number of aryl methyl sites for hydroxylation is 1. The van der Waals surface area contributed by atoms with Crippen molar-refractivity contribution in [3.05, 3.63) is 59.4 Å². The monoisotopic (exact) mass is 259 g/mol. The third-order valence-electron chi connectivity index (χ3n) is 3.26. The van der Waals surface area contributed by atoms with Crippen LogP contribution in [0.4, 0.5) is 15.8 Å². The van der Waals surface area contributed by atoms with Gasteiger partial charge in [-0.25, -0.2) is 4.39 Å². The predicted octanol–water partition coefficient (Wildman–Crippen LogP) is 3.96. The summed E-state index contributed by atoms with van der Waals surface area (Å²) in [6, 6.07) is 13.0. The summed E-state index contributed by atoms with van der Waals surface area (Å²) >= 11 is 0. The molecule has 100 valence electrons. The summed E-state index contributed by atoms with van der Waals surface area (Å²) in [6.07, 6.45) is -0.712. The van der Waals surface area contributed by atoms with Crippen molar-refractivity contribution >= 4 is 11.4 Å². The van der Waals surface area contributed by atoms with Gasteiger partial charge in [-0.15, -0.1) is 0 Å². The molecule has 2 aromatic carbocycles. The Morgan fingerprint density at radius 2 is 1.79 bits per heavy atom. The van der Waals surface area contributed by atoms with Gasteiger partial charge in [0.25, 0.3) is 0 Å². The molecule has 19 heavy (non-hydrogen) atoms. The van der Waals surface area contributed by atoms with E-state index >= 15 is 0 Å². The van der Waals surface area contributed by atoms with Crippen molar-refractivity contribution in [2.75, 3.05) is 11.9 Å². The first-order valence-corrected chi connectivity index (χ1v) is 6.27. The van der Waals surface area contributed by atoms with Crippen molar-refractivity contribution in [1.29, 1.82) is 0 Å². The average molecular weight is 259 g/mol. The first-order valence-electron chi connectivity index (χ1n) is 6.27. The number of aliphatic hydroxyl groups is 1. The standard InChI is InChI=1S/C16H18FNO/c1-11-9-16(14(12(2)19)10-15(11)17)18(3)13-7-5-4-6-8-13/h4-10,12,19H,1-3H3. The molecule has 0 heterocycles. The van der Waals surface area contributed by atoms with Gasteiger partial charge < -0.3 is 10.0 Å². The minimum absolute atomic E-state index is 0.291. The number of rotatable bonds is 3. The average Bonchev–Trinajstić information content (AvgIpc) is 2.41. The fraction of sp³-hybridized carbons (Fsp3) is 0.250. The van der Waals surface area contributed by atoms with Gasteiger partial charge in [-0.05, 0) is 43.7 Å². The Labute approximate surface area is 113 Å². The molecule has 0 spiro atoms. The van der Waals surface area contributed by atoms with E-state index in [0.717, 1.165) is 11.4 Å². The molecule has 0 aliphatic carbocycles. The lowest BCUT2D eigenvalue weighted by atomic mass is 10.0. The zero-order valence-corrected chi connectivity index (χ0v) is 11.4. The smallest absolute Gasteiger partial charge is 0.126 e. The Balaban J connectivity index is 2.52. The van der Waals surface area contributed by atoms with Crippen LogP contribution in [-0.4, -0.2) is 12.2 Å². The Morgan fingerprint density at radius 3 is 2.37 bits per heavy atom. The van der Waals surface area contributed by atoms with Gasteiger partial charge in [0.2, 0.25) is 0 Å². The van der Waals surface area contributed by atoms with Gasteiger partial charge in [0.15, 0.2) is 0 Å². The van der Waals surface area contributed by atoms with E-state index in [0.29, 0.717) is 11.1 Å². The molecule has 0 aliphatic rings. The molecule has 2 aromatic rings. The van der Waals surface area contributed by atoms with Crippen LogP contribution in [0.3, 0.4) is 0 Å². The van der Waals surface area contributed by atoms with Crippen LogP contribution in [0, 0.1) is 12.7 Å². The number of hydrogen-bond acceptors (Lipinski definition) is 2. The van der Waals surface area contributed by atoms with Crippen LogP contribution in [0.1, 0.15) is 24.2 Å². The summed E-state index contributed by atoms with van der Waals surface area (Å²) in [5, 5.41) is 9.82. The molecule has 1 N–H and O–H groups in total. The van der Waals surface area contributed by atoms with E-state index in [1.807, 2.05) is 42.3 Å². The first kappa shape index (κ1) is 13.6. The molecule has 1 unspecified atom stereocenters. The highest BCUT2D eigenvalue weighted by Crippen LogP contribution is 2.32. The van der Waals surface area contributed by atoms with E-state index in [4.69, 9.17) is 0 Å². The zero-order chi connectivity index (χ0) is 14.0. The highest BCUT2D eigenvalue weighted by Gasteiger charge is 2.15. The van der Waals surface area contributed by atoms with Crippen molar-refractivity contribution in [2.45, 2.75) is 20.0 Å². The minimum atomic E-state index is -0.712. The Hall–Kier alpha value is -1.87. The van der Waals surface area contributed by atoms with Crippen molar-refractivity contribution < 1.29 is 9.50 Å². The number of hydrogen-bond donors (Lipinski definition) is 1. The third-order valence-corrected chi connectivity index (χ3v) is 3.26. The molecule has 0 fully saturated rings. The van der Waals surface area contributed by atoms with Crippen molar-refractivity contribution in [3.8, 4) is 0 Å². The van der Waals surface area contributed by atoms with E-state index in [9.17, 15) is 9.50 Å². The van der Waals surface area contributed by atoms with Crippen molar-refractivity contribution in [2.24, 2.45) is 0 Å². The highest BCUT2D eigenvalue weighted by atomic mass is 19.1. The normalized spacial score (nSPS) is 12.3. The van der Waals surface area contributed by atoms with Gasteiger partial charge in [0.1, 0.15) is 5.82 Å². The lowest BCUT2D eigenvalue weighted by Crippen LogP contribution is -2.13. The van der Waals surface area contributed by atoms with Crippen LogP contribution >= 0.6 is 0 Å². The summed E-state index contributed by atoms with van der Waals surface area (Å²) < 4.78 is 13.7. The van der Waals surface area contributed by atoms with Crippen molar-refractivity contribution in [1.82, 2.24) is 0 Å². The summed E-state index contributed by atoms with van der Waals surface area (Å²) in [5.41, 5.74) is 2.98. The quantitative estimate of drug-likeness (QED) is 0.902. The number of nitrogens with zero attached hydrogens (tertiary/aromatic N) is 1. The maximum Gasteiger partial charge on any atom is 0.126 e. The van der Waals surface area contributed by atoms with Gasteiger partial charge in [-0.1, -0.05) is 18.2 Å². The second-order valence-corrected chi connectivity index (χ2v) is 4.73.